The number of Topliss-reactive ketones (excluding diaryl/α,β-unsaturated/α-hetero) is 1. The summed E-state index contributed by atoms with van der Waals surface area (Å²) >= 11 is 0. The number of nitrogens with zero attached hydrogens (tertiary/aromatic N) is 1. The molecule has 1 heterocycles. The Labute approximate surface area is 265 Å². The monoisotopic (exact) mass is 608 g/mol. The maximum absolute atomic E-state index is 14.4. The molecule has 0 radical (unpaired) electrons. The second kappa shape index (κ2) is 10.7. The third-order valence-corrected chi connectivity index (χ3v) is 12.6. The maximum Gasteiger partial charge on any atom is 0.303 e. The average molecular weight is 609 g/mol. The van der Waals surface area contributed by atoms with Gasteiger partial charge in [0, 0.05) is 42.7 Å². The molecule has 3 N–H and O–H groups in total. The van der Waals surface area contributed by atoms with Crippen molar-refractivity contribution in [2.45, 2.75) is 59.0 Å². The third kappa shape index (κ3) is 4.60. The first kappa shape index (κ1) is 30.0. The van der Waals surface area contributed by atoms with Gasteiger partial charge in [-0.1, -0.05) is 49.8 Å². The Morgan fingerprint density at radius 1 is 1.11 bits per heavy atom. The Morgan fingerprint density at radius 2 is 1.89 bits per heavy atom. The van der Waals surface area contributed by atoms with Gasteiger partial charge in [-0.2, -0.15) is 0 Å². The fraction of sp³-hybridized carbons (Fsp3) is 0.500. The van der Waals surface area contributed by atoms with Gasteiger partial charge in [-0.05, 0) is 103 Å². The summed E-state index contributed by atoms with van der Waals surface area (Å²) < 4.78 is 5.37. The minimum absolute atomic E-state index is 0.00276. The number of fused-ring (bicyclic) bond motifs is 7. The van der Waals surface area contributed by atoms with Crippen molar-refractivity contribution in [3.8, 4) is 0 Å². The highest BCUT2D eigenvalue weighted by atomic mass is 16.5. The maximum atomic E-state index is 14.4. The van der Waals surface area contributed by atoms with Crippen molar-refractivity contribution >= 4 is 28.9 Å². The number of carbonyl (C=O) groups excluding carboxylic acids is 3. The normalized spacial score (nSPS) is 36.4. The molecule has 236 valence electrons. The molecule has 2 aromatic carbocycles. The fourth-order valence-corrected chi connectivity index (χ4v) is 10.7. The lowest BCUT2D eigenvalue weighted by atomic mass is 9.44. The van der Waals surface area contributed by atoms with Crippen LogP contribution in [0.4, 0.5) is 11.4 Å². The topological polar surface area (TPSA) is 110 Å². The van der Waals surface area contributed by atoms with Crippen molar-refractivity contribution in [3.05, 3.63) is 83.5 Å². The lowest BCUT2D eigenvalue weighted by molar-refractivity contribution is -0.163. The molecule has 1 saturated heterocycles. The summed E-state index contributed by atoms with van der Waals surface area (Å²) in [5, 5.41) is 12.0. The molecule has 3 saturated carbocycles. The molecule has 2 aromatic rings. The number of esters is 1. The van der Waals surface area contributed by atoms with Crippen LogP contribution in [0.5, 0.6) is 0 Å². The number of carbonyl (C=O) groups is 3. The molecule has 0 unspecified atom stereocenters. The van der Waals surface area contributed by atoms with Crippen molar-refractivity contribution < 1.29 is 24.2 Å². The Hall–Kier alpha value is -3.71. The van der Waals surface area contributed by atoms with E-state index < -0.39 is 22.9 Å². The molecule has 5 aliphatic rings. The molecule has 7 heteroatoms. The van der Waals surface area contributed by atoms with Crippen LogP contribution >= 0.6 is 0 Å². The van der Waals surface area contributed by atoms with Crippen LogP contribution in [-0.4, -0.2) is 48.4 Å². The van der Waals surface area contributed by atoms with E-state index in [9.17, 15) is 19.5 Å². The van der Waals surface area contributed by atoms with Gasteiger partial charge in [0.15, 0.2) is 18.2 Å². The van der Waals surface area contributed by atoms with Gasteiger partial charge in [-0.3, -0.25) is 14.4 Å². The molecular weight excluding hydrogens is 564 g/mol. The van der Waals surface area contributed by atoms with Crippen molar-refractivity contribution in [2.24, 2.45) is 39.9 Å². The number of allylic oxidation sites excluding steroid dienone is 4. The second-order valence-corrected chi connectivity index (χ2v) is 14.8. The number of ether oxygens (including phenoxy) is 1. The zero-order valence-corrected chi connectivity index (χ0v) is 26.5. The number of nitrogen functional groups attached to an aromatic ring is 1. The number of rotatable bonds is 6. The molecule has 0 amide bonds. The fourth-order valence-electron chi connectivity index (χ4n) is 10.7. The first-order valence-corrected chi connectivity index (χ1v) is 16.4. The Morgan fingerprint density at radius 3 is 2.62 bits per heavy atom. The SMILES string of the molecule is CC(=O)OCC(=O)[C@@]12CN(c3ccc(Cc4cccc(N)c4)cc3)C[C@@H]1C[C@H]1[C@@H]3CCC4=CC(=O)C=C[C@]4(C)[C@H]3[C@@H](O)C[C@@]12C. The average Bonchev–Trinajstić information content (AvgIpc) is 3.49. The molecule has 0 aromatic heterocycles. The lowest BCUT2D eigenvalue weighted by Gasteiger charge is -2.60. The number of hydrogen-bond acceptors (Lipinski definition) is 7. The highest BCUT2D eigenvalue weighted by Gasteiger charge is 2.73. The van der Waals surface area contributed by atoms with E-state index in [1.807, 2.05) is 24.3 Å². The predicted molar refractivity (Wildman–Crippen MR) is 173 cm³/mol. The highest BCUT2D eigenvalue weighted by Crippen LogP contribution is 2.72. The van der Waals surface area contributed by atoms with E-state index in [-0.39, 0.29) is 47.3 Å². The van der Waals surface area contributed by atoms with Crippen LogP contribution in [0.1, 0.15) is 57.6 Å². The number of aliphatic hydroxyl groups is 1. The quantitative estimate of drug-likeness (QED) is 0.338. The summed E-state index contributed by atoms with van der Waals surface area (Å²) in [6.45, 7) is 6.81. The van der Waals surface area contributed by atoms with Crippen molar-refractivity contribution in [3.63, 3.8) is 0 Å². The number of anilines is 2. The van der Waals surface area contributed by atoms with Crippen LogP contribution < -0.4 is 10.6 Å². The van der Waals surface area contributed by atoms with Crippen LogP contribution in [0.25, 0.3) is 0 Å². The highest BCUT2D eigenvalue weighted by molar-refractivity contribution is 6.01. The van der Waals surface area contributed by atoms with Crippen molar-refractivity contribution in [1.82, 2.24) is 0 Å². The molecule has 8 atom stereocenters. The minimum Gasteiger partial charge on any atom is -0.458 e. The van der Waals surface area contributed by atoms with Gasteiger partial charge in [-0.15, -0.1) is 0 Å². The van der Waals surface area contributed by atoms with Crippen LogP contribution in [0.15, 0.2) is 72.3 Å². The molecule has 45 heavy (non-hydrogen) atoms. The van der Waals surface area contributed by atoms with E-state index in [0.717, 1.165) is 54.7 Å². The Kier molecular flexibility index (Phi) is 7.12. The summed E-state index contributed by atoms with van der Waals surface area (Å²) in [6.07, 6.45) is 8.81. The number of ketones is 2. The second-order valence-electron chi connectivity index (χ2n) is 14.8. The van der Waals surface area contributed by atoms with Crippen LogP contribution in [0.2, 0.25) is 0 Å². The van der Waals surface area contributed by atoms with Gasteiger partial charge in [0.05, 0.1) is 11.5 Å². The van der Waals surface area contributed by atoms with E-state index in [1.54, 1.807) is 12.2 Å². The Balaban J connectivity index is 1.20. The minimum atomic E-state index is -0.741. The summed E-state index contributed by atoms with van der Waals surface area (Å²) in [7, 11) is 0. The van der Waals surface area contributed by atoms with Gasteiger partial charge < -0.3 is 20.5 Å². The molecule has 7 rings (SSSR count). The van der Waals surface area contributed by atoms with Gasteiger partial charge in [0.1, 0.15) is 0 Å². The summed E-state index contributed by atoms with van der Waals surface area (Å²) in [5.41, 5.74) is 9.75. The number of hydrogen-bond donors (Lipinski definition) is 2. The molecule has 0 bridgehead atoms. The molecular formula is C38H44N2O5. The van der Waals surface area contributed by atoms with Gasteiger partial charge >= 0.3 is 5.97 Å². The zero-order valence-electron chi connectivity index (χ0n) is 26.5. The Bertz CT molecular complexity index is 1610. The summed E-state index contributed by atoms with van der Waals surface area (Å²) in [4.78, 5) is 40.8. The van der Waals surface area contributed by atoms with Crippen LogP contribution in [-0.2, 0) is 25.5 Å². The molecule has 4 aliphatic carbocycles. The lowest BCUT2D eigenvalue weighted by Crippen LogP contribution is -2.60. The first-order valence-electron chi connectivity index (χ1n) is 16.4. The summed E-state index contributed by atoms with van der Waals surface area (Å²) in [6, 6.07) is 16.5. The van der Waals surface area contributed by atoms with Gasteiger partial charge in [-0.25, -0.2) is 0 Å². The standard InChI is InChI=1S/C38H44N2O5/c1-23(41)45-21-34(44)38-22-40(29-10-7-24(8-11-29)15-25-5-4-6-28(39)16-25)20-27(38)18-32-31-12-9-26-17-30(42)13-14-36(26,2)35(31)33(43)19-37(32,38)3/h4-8,10-11,13-14,16-17,27,31-33,35,43H,9,12,15,18-22,39H2,1-3H3/t27-,31-,32-,33-,35+,36-,37-,38+/m0/s1. The van der Waals surface area contributed by atoms with Crippen LogP contribution in [0.3, 0.4) is 0 Å². The van der Waals surface area contributed by atoms with E-state index in [1.165, 1.54) is 12.5 Å². The molecule has 7 nitrogen and oxygen atoms in total. The number of nitrogens with two attached hydrogens (primary N) is 1. The number of aliphatic hydroxyl groups excluding tert-OH is 1. The smallest absolute Gasteiger partial charge is 0.303 e. The van der Waals surface area contributed by atoms with E-state index in [4.69, 9.17) is 10.5 Å². The third-order valence-electron chi connectivity index (χ3n) is 12.6. The van der Waals surface area contributed by atoms with Crippen molar-refractivity contribution in [2.75, 3.05) is 30.3 Å². The van der Waals surface area contributed by atoms with Crippen LogP contribution in [0, 0.1) is 39.9 Å². The van der Waals surface area contributed by atoms with Gasteiger partial charge in [0.2, 0.25) is 0 Å². The van der Waals surface area contributed by atoms with E-state index >= 15 is 0 Å². The van der Waals surface area contributed by atoms with Gasteiger partial charge in [0.25, 0.3) is 0 Å². The predicted octanol–water partition coefficient (Wildman–Crippen LogP) is 5.30. The molecule has 4 fully saturated rings. The van der Waals surface area contributed by atoms with E-state index in [0.29, 0.717) is 13.0 Å². The number of benzene rings is 2. The summed E-state index contributed by atoms with van der Waals surface area (Å²) in [5.74, 6) is 0.129. The first-order chi connectivity index (χ1) is 21.4. The van der Waals surface area contributed by atoms with Crippen molar-refractivity contribution in [1.29, 1.82) is 0 Å². The largest absolute Gasteiger partial charge is 0.458 e. The molecule has 1 aliphatic heterocycles. The van der Waals surface area contributed by atoms with E-state index in [2.05, 4.69) is 49.1 Å². The zero-order chi connectivity index (χ0) is 31.7. The molecule has 0 spiro atoms.